The molecular weight excluding hydrogens is 346 g/mol. The van der Waals surface area contributed by atoms with Crippen molar-refractivity contribution in [3.8, 4) is 11.5 Å². The van der Waals surface area contributed by atoms with E-state index in [-0.39, 0.29) is 12.2 Å². The fourth-order valence-corrected chi connectivity index (χ4v) is 2.68. The van der Waals surface area contributed by atoms with Crippen LogP contribution in [0.4, 0.5) is 5.69 Å². The molecule has 1 heterocycles. The summed E-state index contributed by atoms with van der Waals surface area (Å²) in [4.78, 5) is 22.3. The number of nitrogens with one attached hydrogen (secondary N) is 1. The van der Waals surface area contributed by atoms with Crippen LogP contribution in [0.3, 0.4) is 0 Å². The van der Waals surface area contributed by atoms with Crippen molar-refractivity contribution in [1.29, 1.82) is 0 Å². The first-order chi connectivity index (χ1) is 12.3. The summed E-state index contributed by atoms with van der Waals surface area (Å²) in [6.07, 6.45) is -6.84. The molecule has 9 heteroatoms. The Morgan fingerprint density at radius 3 is 2.31 bits per heavy atom. The first-order valence-corrected chi connectivity index (χ1v) is 7.98. The van der Waals surface area contributed by atoms with Crippen LogP contribution < -0.4 is 20.9 Å². The van der Waals surface area contributed by atoms with Crippen molar-refractivity contribution in [2.75, 3.05) is 11.9 Å². The highest BCUT2D eigenvalue weighted by molar-refractivity contribution is 5.60. The van der Waals surface area contributed by atoms with E-state index in [0.717, 1.165) is 5.56 Å². The Bertz CT molecular complexity index is 841. The maximum Gasteiger partial charge on any atom is 0.271 e. The molecule has 0 aromatic heterocycles. The van der Waals surface area contributed by atoms with Crippen molar-refractivity contribution in [3.63, 3.8) is 0 Å². The van der Waals surface area contributed by atoms with E-state index in [9.17, 15) is 30.0 Å². The fraction of sp³-hybridized carbons (Fsp3) is 0.412. The minimum atomic E-state index is -1.55. The molecule has 1 fully saturated rings. The third-order valence-corrected chi connectivity index (χ3v) is 4.31. The molecule has 1 aliphatic rings. The molecule has 3 rings (SSSR count). The Morgan fingerprint density at radius 1 is 1.04 bits per heavy atom. The Kier molecular flexibility index (Phi) is 4.97. The van der Waals surface area contributed by atoms with Gasteiger partial charge in [-0.25, -0.2) is 0 Å². The van der Waals surface area contributed by atoms with Gasteiger partial charge in [0.05, 0.1) is 0 Å². The van der Waals surface area contributed by atoms with Crippen molar-refractivity contribution in [2.45, 2.75) is 37.6 Å². The molecule has 140 valence electrons. The smallest absolute Gasteiger partial charge is 0.271 e. The fourth-order valence-electron chi connectivity index (χ4n) is 2.68. The van der Waals surface area contributed by atoms with E-state index in [1.54, 1.807) is 24.3 Å². The van der Waals surface area contributed by atoms with Gasteiger partial charge in [-0.05, 0) is 19.1 Å². The van der Waals surface area contributed by atoms with Gasteiger partial charge in [0.1, 0.15) is 35.9 Å². The highest BCUT2D eigenvalue weighted by Gasteiger charge is 2.45. The van der Waals surface area contributed by atoms with E-state index < -0.39 is 47.3 Å². The van der Waals surface area contributed by atoms with Crippen molar-refractivity contribution in [3.05, 3.63) is 50.3 Å². The number of anilines is 1. The molecule has 0 amide bonds. The van der Waals surface area contributed by atoms with E-state index in [0.29, 0.717) is 5.75 Å². The molecular formula is C17H19NO8. The van der Waals surface area contributed by atoms with Gasteiger partial charge in [0, 0.05) is 6.54 Å². The second kappa shape index (κ2) is 7.04. The lowest BCUT2D eigenvalue weighted by atomic mass is 9.98. The molecule has 3 unspecified atom stereocenters. The standard InChI is InChI=1S/C17H19NO8/c1-7-2-4-8(5-3-7)25-17-16(24)14(22)11(19)9(26-17)6-18-10-12(20)15(23)13(10)21/h2-5,9,11,14,16-20,22,24H,6H2,1H3/t9?,11-,14?,16?,17+/m1/s1. The largest absolute Gasteiger partial charge is 0.502 e. The molecule has 2 aromatic rings. The summed E-state index contributed by atoms with van der Waals surface area (Å²) >= 11 is 0. The molecule has 9 nitrogen and oxygen atoms in total. The number of hydrogen-bond acceptors (Lipinski definition) is 9. The monoisotopic (exact) mass is 365 g/mol. The maximum atomic E-state index is 11.3. The van der Waals surface area contributed by atoms with Crippen molar-refractivity contribution < 1.29 is 29.9 Å². The molecule has 26 heavy (non-hydrogen) atoms. The lowest BCUT2D eigenvalue weighted by Gasteiger charge is -2.40. The van der Waals surface area contributed by atoms with Crippen molar-refractivity contribution in [1.82, 2.24) is 0 Å². The van der Waals surface area contributed by atoms with Crippen LogP contribution in [0.2, 0.25) is 0 Å². The zero-order valence-electron chi connectivity index (χ0n) is 13.8. The topological polar surface area (TPSA) is 146 Å². The Hall–Kier alpha value is -2.46. The molecule has 1 saturated heterocycles. The number of aliphatic hydroxyl groups excluding tert-OH is 3. The molecule has 5 N–H and O–H groups in total. The minimum Gasteiger partial charge on any atom is -0.502 e. The zero-order chi connectivity index (χ0) is 19.0. The van der Waals surface area contributed by atoms with Gasteiger partial charge in [0.2, 0.25) is 6.29 Å². The molecule has 0 bridgehead atoms. The lowest BCUT2D eigenvalue weighted by molar-refractivity contribution is -0.269. The Labute approximate surface area is 147 Å². The van der Waals surface area contributed by atoms with E-state index >= 15 is 0 Å². The summed E-state index contributed by atoms with van der Waals surface area (Å²) in [6.45, 7) is 1.70. The number of ether oxygens (including phenoxy) is 2. The minimum absolute atomic E-state index is 0.197. The summed E-state index contributed by atoms with van der Waals surface area (Å²) < 4.78 is 11.0. The Balaban J connectivity index is 1.68. The average molecular weight is 365 g/mol. The van der Waals surface area contributed by atoms with Crippen LogP contribution in [0, 0.1) is 6.92 Å². The third kappa shape index (κ3) is 3.29. The molecule has 0 spiro atoms. The van der Waals surface area contributed by atoms with Crippen LogP contribution in [0.1, 0.15) is 5.56 Å². The van der Waals surface area contributed by atoms with Crippen LogP contribution in [-0.4, -0.2) is 57.7 Å². The van der Waals surface area contributed by atoms with Gasteiger partial charge >= 0.3 is 0 Å². The number of aryl methyl sites for hydroxylation is 1. The number of aromatic hydroxyl groups is 1. The van der Waals surface area contributed by atoms with Crippen molar-refractivity contribution >= 4 is 5.69 Å². The lowest BCUT2D eigenvalue weighted by Crippen LogP contribution is -2.60. The number of hydrogen-bond donors (Lipinski definition) is 5. The van der Waals surface area contributed by atoms with Crippen LogP contribution in [0.5, 0.6) is 11.5 Å². The van der Waals surface area contributed by atoms with Gasteiger partial charge in [0.25, 0.3) is 10.9 Å². The van der Waals surface area contributed by atoms with Crippen LogP contribution >= 0.6 is 0 Å². The SMILES string of the molecule is Cc1ccc(O[C@H]2OC(CNc3c(O)c(=O)c3=O)[C@@H](O)C(O)C2O)cc1. The predicted octanol–water partition coefficient (Wildman–Crippen LogP) is -1.40. The highest BCUT2D eigenvalue weighted by atomic mass is 16.7. The third-order valence-electron chi connectivity index (χ3n) is 4.31. The van der Waals surface area contributed by atoms with Crippen molar-refractivity contribution in [2.24, 2.45) is 0 Å². The number of aliphatic hydroxyl groups is 3. The van der Waals surface area contributed by atoms with Gasteiger partial charge in [-0.1, -0.05) is 17.7 Å². The van der Waals surface area contributed by atoms with Gasteiger partial charge < -0.3 is 35.2 Å². The summed E-state index contributed by atoms with van der Waals surface area (Å²) in [6, 6.07) is 6.92. The first kappa shape index (κ1) is 18.3. The quantitative estimate of drug-likeness (QED) is 0.404. The molecule has 1 aliphatic heterocycles. The summed E-state index contributed by atoms with van der Waals surface area (Å²) in [7, 11) is 0. The second-order valence-electron chi connectivity index (χ2n) is 6.21. The van der Waals surface area contributed by atoms with E-state index in [1.165, 1.54) is 0 Å². The normalized spacial score (nSPS) is 28.8. The van der Waals surface area contributed by atoms with Gasteiger partial charge in [-0.2, -0.15) is 0 Å². The van der Waals surface area contributed by atoms with Crippen LogP contribution in [0.25, 0.3) is 0 Å². The number of benzene rings is 1. The Morgan fingerprint density at radius 2 is 1.69 bits per heavy atom. The van der Waals surface area contributed by atoms with E-state index in [1.807, 2.05) is 6.92 Å². The average Bonchev–Trinajstić information content (AvgIpc) is 2.64. The van der Waals surface area contributed by atoms with Gasteiger partial charge in [-0.3, -0.25) is 9.59 Å². The highest BCUT2D eigenvalue weighted by Crippen LogP contribution is 2.25. The zero-order valence-corrected chi connectivity index (χ0v) is 13.8. The second-order valence-corrected chi connectivity index (χ2v) is 6.21. The molecule has 0 radical (unpaired) electrons. The predicted molar refractivity (Wildman–Crippen MR) is 90.0 cm³/mol. The van der Waals surface area contributed by atoms with E-state index in [2.05, 4.69) is 5.32 Å². The van der Waals surface area contributed by atoms with Crippen LogP contribution in [-0.2, 0) is 4.74 Å². The van der Waals surface area contributed by atoms with Gasteiger partial charge in [0.15, 0.2) is 5.75 Å². The maximum absolute atomic E-state index is 11.3. The first-order valence-electron chi connectivity index (χ1n) is 7.98. The molecule has 0 saturated carbocycles. The molecule has 0 aliphatic carbocycles. The van der Waals surface area contributed by atoms with Crippen LogP contribution in [0.15, 0.2) is 33.9 Å². The summed E-state index contributed by atoms with van der Waals surface area (Å²) in [5, 5.41) is 42.0. The number of rotatable bonds is 5. The van der Waals surface area contributed by atoms with E-state index in [4.69, 9.17) is 9.47 Å². The van der Waals surface area contributed by atoms with Gasteiger partial charge in [-0.15, -0.1) is 0 Å². The summed E-state index contributed by atoms with van der Waals surface area (Å²) in [5.41, 5.74) is -1.13. The summed E-state index contributed by atoms with van der Waals surface area (Å²) in [5.74, 6) is -0.289. The molecule has 5 atom stereocenters. The molecule has 2 aromatic carbocycles.